The van der Waals surface area contributed by atoms with Crippen LogP contribution in [0.25, 0.3) is 0 Å². The molecule has 5 rings (SSSR count). The van der Waals surface area contributed by atoms with Crippen molar-refractivity contribution < 1.29 is 38.9 Å². The lowest BCUT2D eigenvalue weighted by Gasteiger charge is -2.34. The Hall–Kier alpha value is -5.29. The van der Waals surface area contributed by atoms with Crippen LogP contribution in [0.4, 0.5) is 0 Å². The van der Waals surface area contributed by atoms with Crippen molar-refractivity contribution >= 4 is 29.4 Å². The first-order chi connectivity index (χ1) is 31.1. The molecule has 9 unspecified atom stereocenters. The third-order valence-electron chi connectivity index (χ3n) is 12.7. The molecule has 0 saturated carbocycles. The highest BCUT2D eigenvalue weighted by molar-refractivity contribution is 6.02. The fourth-order valence-electron chi connectivity index (χ4n) is 8.58. The number of nitrogens with one attached hydrogen (secondary N) is 5. The summed E-state index contributed by atoms with van der Waals surface area (Å²) < 4.78 is 5.51. The summed E-state index contributed by atoms with van der Waals surface area (Å²) in [5, 5.41) is 35.6. The summed E-state index contributed by atoms with van der Waals surface area (Å²) in [6, 6.07) is 2.65. The van der Waals surface area contributed by atoms with Gasteiger partial charge in [-0.3, -0.25) is 33.9 Å². The van der Waals surface area contributed by atoms with Crippen molar-refractivity contribution in [1.82, 2.24) is 41.1 Å². The number of imidazole rings is 1. The maximum absolute atomic E-state index is 14.6. The number of carbonyl (C=O) groups is 5. The molecule has 0 bridgehead atoms. The van der Waals surface area contributed by atoms with Gasteiger partial charge in [0.1, 0.15) is 12.1 Å². The van der Waals surface area contributed by atoms with Crippen LogP contribution < -0.4 is 21.3 Å². The summed E-state index contributed by atoms with van der Waals surface area (Å²) in [6.07, 6.45) is 14.1. The minimum absolute atomic E-state index is 0.00376. The molecule has 16 nitrogen and oxygen atoms in total. The Morgan fingerprint density at radius 1 is 0.923 bits per heavy atom. The summed E-state index contributed by atoms with van der Waals surface area (Å²) in [4.78, 5) is 82.6. The molecule has 9 atom stereocenters. The number of amides is 4. The van der Waals surface area contributed by atoms with Gasteiger partial charge in [-0.05, 0) is 72.4 Å². The number of aromatic amines is 1. The lowest BCUT2D eigenvalue weighted by Crippen LogP contribution is -2.56. The zero-order chi connectivity index (χ0) is 47.0. The number of morpholine rings is 1. The molecule has 0 aromatic carbocycles. The van der Waals surface area contributed by atoms with Gasteiger partial charge < -0.3 is 41.2 Å². The van der Waals surface area contributed by atoms with Crippen molar-refractivity contribution in [2.45, 2.75) is 111 Å². The van der Waals surface area contributed by atoms with Crippen LogP contribution in [0.2, 0.25) is 0 Å². The van der Waals surface area contributed by atoms with Gasteiger partial charge in [-0.1, -0.05) is 78.3 Å². The zero-order valence-electron chi connectivity index (χ0n) is 38.7. The van der Waals surface area contributed by atoms with E-state index in [9.17, 15) is 34.2 Å². The monoisotopic (exact) mass is 899 g/mol. The first-order valence-electron chi connectivity index (χ1n) is 23.2. The van der Waals surface area contributed by atoms with E-state index in [4.69, 9.17) is 4.74 Å². The van der Waals surface area contributed by atoms with Crippen LogP contribution >= 0.6 is 0 Å². The molecule has 7 N–H and O–H groups in total. The number of nitrogens with zero attached hydrogens (tertiary/aromatic N) is 3. The lowest BCUT2D eigenvalue weighted by molar-refractivity contribution is -0.135. The smallest absolute Gasteiger partial charge is 0.243 e. The molecule has 1 aliphatic heterocycles. The van der Waals surface area contributed by atoms with Gasteiger partial charge in [0.25, 0.3) is 0 Å². The minimum atomic E-state index is -1.17. The van der Waals surface area contributed by atoms with E-state index in [-0.39, 0.29) is 73.6 Å². The highest BCUT2D eigenvalue weighted by Gasteiger charge is 2.38. The van der Waals surface area contributed by atoms with Gasteiger partial charge in [-0.2, -0.15) is 0 Å². The van der Waals surface area contributed by atoms with Crippen molar-refractivity contribution in [2.75, 3.05) is 32.8 Å². The highest BCUT2D eigenvalue weighted by Crippen LogP contribution is 2.34. The highest BCUT2D eigenvalue weighted by atomic mass is 16.5. The third-order valence-corrected chi connectivity index (χ3v) is 12.7. The van der Waals surface area contributed by atoms with Gasteiger partial charge in [-0.25, -0.2) is 4.98 Å². The van der Waals surface area contributed by atoms with Gasteiger partial charge in [0.15, 0.2) is 5.78 Å². The third kappa shape index (κ3) is 15.1. The van der Waals surface area contributed by atoms with Gasteiger partial charge in [0.2, 0.25) is 23.6 Å². The summed E-state index contributed by atoms with van der Waals surface area (Å²) >= 11 is 0. The molecule has 0 spiro atoms. The van der Waals surface area contributed by atoms with Crippen molar-refractivity contribution in [3.05, 3.63) is 95.9 Å². The van der Waals surface area contributed by atoms with E-state index in [0.29, 0.717) is 50.5 Å². The molecule has 354 valence electrons. The van der Waals surface area contributed by atoms with Gasteiger partial charge in [0, 0.05) is 56.0 Å². The van der Waals surface area contributed by atoms with E-state index in [1.165, 1.54) is 12.4 Å². The molecule has 3 aliphatic rings. The van der Waals surface area contributed by atoms with Gasteiger partial charge in [0.05, 0.1) is 55.9 Å². The number of aromatic nitrogens is 3. The summed E-state index contributed by atoms with van der Waals surface area (Å²) in [7, 11) is 0. The van der Waals surface area contributed by atoms with E-state index >= 15 is 0 Å². The van der Waals surface area contributed by atoms with Crippen molar-refractivity contribution in [1.29, 1.82) is 0 Å². The molecule has 65 heavy (non-hydrogen) atoms. The number of aliphatic hydroxyl groups is 2. The van der Waals surface area contributed by atoms with Crippen LogP contribution in [0, 0.1) is 35.5 Å². The number of hydrogen-bond donors (Lipinski definition) is 7. The number of H-pyrrole nitrogens is 1. The Kier molecular flexibility index (Phi) is 19.4. The van der Waals surface area contributed by atoms with Crippen LogP contribution in [-0.4, -0.2) is 123 Å². The first-order valence-corrected chi connectivity index (χ1v) is 23.2. The molecule has 2 aromatic rings. The van der Waals surface area contributed by atoms with E-state index in [1.807, 2.05) is 76.8 Å². The molecule has 16 heteroatoms. The number of hydrogen-bond acceptors (Lipinski definition) is 11. The Morgan fingerprint density at radius 2 is 1.68 bits per heavy atom. The Labute approximate surface area is 383 Å². The number of carbonyl (C=O) groups excluding carboxylic acids is 5. The number of allylic oxidation sites excluding steroid dienone is 8. The summed E-state index contributed by atoms with van der Waals surface area (Å²) in [5.41, 5.74) is 2.89. The number of β-amino-alcohol motifs (C(OH)–C–C–N with tert-alkyl or cyclic N) is 1. The molecule has 4 amide bonds. The second-order valence-corrected chi connectivity index (χ2v) is 18.4. The van der Waals surface area contributed by atoms with Crippen molar-refractivity contribution in [3.63, 3.8) is 0 Å². The minimum Gasteiger partial charge on any atom is -0.391 e. The molecular formula is C49H70N8O8. The number of pyridine rings is 1. The van der Waals surface area contributed by atoms with Gasteiger partial charge >= 0.3 is 0 Å². The number of ether oxygens (including phenoxy) is 1. The summed E-state index contributed by atoms with van der Waals surface area (Å²) in [6.45, 7) is 14.2. The average molecular weight is 899 g/mol. The van der Waals surface area contributed by atoms with Gasteiger partial charge in [-0.15, -0.1) is 0 Å². The second kappa shape index (κ2) is 24.8. The zero-order valence-corrected chi connectivity index (χ0v) is 38.7. The van der Waals surface area contributed by atoms with Crippen LogP contribution in [0.1, 0.15) is 78.6 Å². The maximum Gasteiger partial charge on any atom is 0.243 e. The summed E-state index contributed by atoms with van der Waals surface area (Å²) in [5.74, 6) is -4.39. The fourth-order valence-corrected chi connectivity index (χ4v) is 8.58. The first kappa shape index (κ1) is 50.7. The van der Waals surface area contributed by atoms with Crippen LogP contribution in [-0.2, 0) is 41.7 Å². The average Bonchev–Trinajstić information content (AvgIpc) is 3.81. The van der Waals surface area contributed by atoms with Crippen LogP contribution in [0.3, 0.4) is 0 Å². The fraction of sp³-hybridized carbons (Fsp3) is 0.571. The van der Waals surface area contributed by atoms with Crippen LogP contribution in [0.5, 0.6) is 0 Å². The number of rotatable bonds is 24. The molecule has 1 fully saturated rings. The lowest BCUT2D eigenvalue weighted by atomic mass is 9.78. The quantitative estimate of drug-likeness (QED) is 0.0811. The molecule has 1 saturated heterocycles. The predicted octanol–water partition coefficient (Wildman–Crippen LogP) is 3.11. The molecule has 2 aliphatic carbocycles. The normalized spacial score (nSPS) is 20.0. The van der Waals surface area contributed by atoms with E-state index in [2.05, 4.69) is 36.2 Å². The SMILES string of the molecule is CCC(C)C(NC(=O)C(CC(O)C(CC(C)C)NC(=O)C(Cc1cnc[nH]1)NC(=O)C(CC1C=CC=C2C=CC(=O)C=C21)C(O)CN1CCOCC1)C(C)C)C(=O)NCc1ccccn1. The van der Waals surface area contributed by atoms with E-state index in [1.54, 1.807) is 30.6 Å². The molecule has 2 aromatic heterocycles. The standard InChI is InChI=1S/C49H70N8O8/c1-7-32(6)45(49(64)52-27-35-13-8-9-16-51-35)56-46(61)38(31(4)5)25-43(59)41(21-30(2)3)54-48(63)42(23-36-26-50-29-53-36)55-47(62)40(44(60)28-57-17-19-65-20-18-57)22-34-12-10-11-33-14-15-37(58)24-39(33)34/h8-16,24,26,29-32,34,38,40-45,59-60H,7,17-23,25,27-28H2,1-6H3,(H,50,53)(H,52,64)(H,54,63)(H,55,62)(H,56,61). The van der Waals surface area contributed by atoms with E-state index in [0.717, 1.165) is 11.1 Å². The Morgan fingerprint density at radius 3 is 2.34 bits per heavy atom. The number of aliphatic hydroxyl groups excluding tert-OH is 2. The molecule has 3 heterocycles. The maximum atomic E-state index is 14.6. The molecular weight excluding hydrogens is 829 g/mol. The number of fused-ring (bicyclic) bond motifs is 1. The largest absolute Gasteiger partial charge is 0.391 e. The van der Waals surface area contributed by atoms with Crippen molar-refractivity contribution in [2.24, 2.45) is 35.5 Å². The predicted molar refractivity (Wildman–Crippen MR) is 246 cm³/mol. The second-order valence-electron chi connectivity index (χ2n) is 18.4. The topological polar surface area (TPSA) is 228 Å². The van der Waals surface area contributed by atoms with Crippen LogP contribution in [0.15, 0.2) is 84.5 Å². The Balaban J connectivity index is 1.33. The van der Waals surface area contributed by atoms with Crippen molar-refractivity contribution in [3.8, 4) is 0 Å². The Bertz CT molecular complexity index is 2010. The van der Waals surface area contributed by atoms with E-state index < -0.39 is 54.0 Å². The molecule has 0 radical (unpaired) electrons. The number of ketones is 1.